The molecule has 0 saturated carbocycles. The van der Waals surface area contributed by atoms with Crippen LogP contribution in [0.5, 0.6) is 17.4 Å². The Morgan fingerprint density at radius 2 is 1.46 bits per heavy atom. The fraction of sp³-hybridized carbons (Fsp3) is 0.200. The van der Waals surface area contributed by atoms with E-state index in [-0.39, 0.29) is 32.9 Å². The third kappa shape index (κ3) is 5.27. The summed E-state index contributed by atoms with van der Waals surface area (Å²) >= 11 is 0. The molecular formula is C35H32N3O2Pt-. The molecule has 1 N–H and O–H groups in total. The van der Waals surface area contributed by atoms with Gasteiger partial charge in [0.2, 0.25) is 5.88 Å². The zero-order valence-electron chi connectivity index (χ0n) is 23.8. The van der Waals surface area contributed by atoms with E-state index in [0.29, 0.717) is 17.1 Å². The second-order valence-electron chi connectivity index (χ2n) is 10.5. The Bertz CT molecular complexity index is 1750. The predicted molar refractivity (Wildman–Crippen MR) is 162 cm³/mol. The molecule has 1 atom stereocenters. The number of nitrogens with zero attached hydrogens (tertiary/aromatic N) is 3. The zero-order valence-corrected chi connectivity index (χ0v) is 26.1. The van der Waals surface area contributed by atoms with Gasteiger partial charge in [0, 0.05) is 50.5 Å². The molecule has 0 spiro atoms. The summed E-state index contributed by atoms with van der Waals surface area (Å²) in [7, 11) is 0. The van der Waals surface area contributed by atoms with Crippen molar-refractivity contribution in [2.24, 2.45) is 4.99 Å². The van der Waals surface area contributed by atoms with Gasteiger partial charge >= 0.3 is 0 Å². The van der Waals surface area contributed by atoms with Crippen molar-refractivity contribution in [1.82, 2.24) is 4.98 Å². The third-order valence-electron chi connectivity index (χ3n) is 8.20. The topological polar surface area (TPSA) is 58.0 Å². The van der Waals surface area contributed by atoms with Gasteiger partial charge in [-0.15, -0.1) is 23.8 Å². The molecule has 1 aromatic heterocycles. The van der Waals surface area contributed by atoms with Crippen molar-refractivity contribution in [3.63, 3.8) is 0 Å². The molecule has 1 aliphatic heterocycles. The largest absolute Gasteiger partial charge is 0.506 e. The summed E-state index contributed by atoms with van der Waals surface area (Å²) in [6.45, 7) is 11.8. The maximum absolute atomic E-state index is 10.3. The van der Waals surface area contributed by atoms with E-state index in [2.05, 4.69) is 74.8 Å². The number of benzene rings is 4. The van der Waals surface area contributed by atoms with Crippen molar-refractivity contribution in [1.29, 1.82) is 0 Å². The standard InChI is InChI=1S/C35H32N3O2.Pt/c1-21-22(2)24(4)34(25(5)23(21)3)38-20-30(26-11-7-6-8-12-26)36-35(38)28-14-9-15-29(19-28)40-32-18-17-27-13-10-16-31(39)33(27)37-32;/h6-18,30,39H,20H2,1-5H3;/q-1;/t30-;/m1./s1. The summed E-state index contributed by atoms with van der Waals surface area (Å²) in [6.07, 6.45) is 0. The van der Waals surface area contributed by atoms with Gasteiger partial charge in [0.1, 0.15) is 11.3 Å². The van der Waals surface area contributed by atoms with Crippen LogP contribution in [0.2, 0.25) is 0 Å². The maximum Gasteiger partial charge on any atom is 0.217 e. The summed E-state index contributed by atoms with van der Waals surface area (Å²) in [5.41, 5.74) is 10.3. The second kappa shape index (κ2) is 11.5. The van der Waals surface area contributed by atoms with Crippen molar-refractivity contribution in [3.8, 4) is 17.4 Å². The monoisotopic (exact) mass is 721 g/mol. The van der Waals surface area contributed by atoms with Crippen LogP contribution in [0, 0.1) is 40.7 Å². The van der Waals surface area contributed by atoms with E-state index in [1.165, 1.54) is 39.1 Å². The maximum atomic E-state index is 10.3. The van der Waals surface area contributed by atoms with Gasteiger partial charge in [0.25, 0.3) is 0 Å². The number of anilines is 1. The Morgan fingerprint density at radius 3 is 2.20 bits per heavy atom. The van der Waals surface area contributed by atoms with E-state index in [9.17, 15) is 5.11 Å². The summed E-state index contributed by atoms with van der Waals surface area (Å²) < 4.78 is 6.14. The van der Waals surface area contributed by atoms with E-state index < -0.39 is 0 Å². The van der Waals surface area contributed by atoms with Crippen LogP contribution in [0.1, 0.15) is 45.0 Å². The van der Waals surface area contributed by atoms with Crippen LogP contribution in [0.15, 0.2) is 83.9 Å². The van der Waals surface area contributed by atoms with Crippen LogP contribution < -0.4 is 9.64 Å². The van der Waals surface area contributed by atoms with Crippen LogP contribution in [0.25, 0.3) is 10.9 Å². The van der Waals surface area contributed by atoms with Gasteiger partial charge in [-0.1, -0.05) is 48.5 Å². The van der Waals surface area contributed by atoms with Crippen LogP contribution >= 0.6 is 0 Å². The molecule has 0 amide bonds. The van der Waals surface area contributed by atoms with Crippen LogP contribution in [0.3, 0.4) is 0 Å². The van der Waals surface area contributed by atoms with Crippen LogP contribution in [-0.2, 0) is 21.1 Å². The van der Waals surface area contributed by atoms with Crippen molar-refractivity contribution in [2.45, 2.75) is 40.7 Å². The molecule has 0 fully saturated rings. The van der Waals surface area contributed by atoms with Crippen molar-refractivity contribution in [3.05, 3.63) is 124 Å². The molecule has 5 nitrogen and oxygen atoms in total. The molecule has 6 rings (SSSR count). The quantitative estimate of drug-likeness (QED) is 0.187. The van der Waals surface area contributed by atoms with E-state index in [0.717, 1.165) is 23.3 Å². The molecule has 6 heteroatoms. The number of hydrogen-bond donors (Lipinski definition) is 1. The summed E-state index contributed by atoms with van der Waals surface area (Å²) in [5, 5.41) is 11.1. The first kappa shape index (κ1) is 28.6. The normalized spacial score (nSPS) is 14.6. The molecule has 0 bridgehead atoms. The Morgan fingerprint density at radius 1 is 0.780 bits per heavy atom. The van der Waals surface area contributed by atoms with E-state index in [4.69, 9.17) is 9.73 Å². The predicted octanol–water partition coefficient (Wildman–Crippen LogP) is 8.08. The molecule has 5 aromatic rings. The van der Waals surface area contributed by atoms with Gasteiger partial charge < -0.3 is 19.7 Å². The SMILES string of the molecule is Cc1c(C)c(C)c(N2C[C@H](c3ccccc3)N=C2c2[c-]c(Oc3ccc4cccc(O)c4n3)ccc2)c(C)c1C.[Pt]. The number of aromatic nitrogens is 1. The molecule has 1 aliphatic rings. The molecule has 0 aliphatic carbocycles. The minimum absolute atomic E-state index is 0. The van der Waals surface area contributed by atoms with Gasteiger partial charge in [0.05, 0.1) is 11.9 Å². The van der Waals surface area contributed by atoms with Crippen molar-refractivity contribution < 1.29 is 30.9 Å². The minimum atomic E-state index is 0. The molecule has 2 heterocycles. The van der Waals surface area contributed by atoms with E-state index >= 15 is 0 Å². The average Bonchev–Trinajstić information content (AvgIpc) is 3.41. The van der Waals surface area contributed by atoms with Crippen LogP contribution in [0.4, 0.5) is 5.69 Å². The number of pyridine rings is 1. The molecule has 41 heavy (non-hydrogen) atoms. The van der Waals surface area contributed by atoms with Crippen LogP contribution in [-0.4, -0.2) is 22.5 Å². The number of amidine groups is 1. The number of hydrogen-bond acceptors (Lipinski definition) is 5. The Balaban J connectivity index is 0.00000337. The van der Waals surface area contributed by atoms with Gasteiger partial charge in [-0.2, -0.15) is 0 Å². The molecule has 0 unspecified atom stereocenters. The number of phenols is 1. The van der Waals surface area contributed by atoms with Crippen molar-refractivity contribution >= 4 is 22.4 Å². The molecule has 0 saturated heterocycles. The Labute approximate surface area is 255 Å². The Kier molecular flexibility index (Phi) is 8.02. The number of aliphatic imine (C=N–C) groups is 1. The number of ether oxygens (including phenoxy) is 1. The minimum Gasteiger partial charge on any atom is -0.506 e. The zero-order chi connectivity index (χ0) is 28.0. The molecule has 210 valence electrons. The number of phenolic OH excluding ortho intramolecular Hbond substituents is 1. The molecule has 4 aromatic carbocycles. The first-order valence-electron chi connectivity index (χ1n) is 13.6. The molecule has 0 radical (unpaired) electrons. The number of rotatable bonds is 5. The smallest absolute Gasteiger partial charge is 0.217 e. The number of para-hydroxylation sites is 1. The van der Waals surface area contributed by atoms with Gasteiger partial charge in [-0.25, -0.2) is 4.98 Å². The summed E-state index contributed by atoms with van der Waals surface area (Å²) in [4.78, 5) is 12.1. The fourth-order valence-corrected chi connectivity index (χ4v) is 5.59. The van der Waals surface area contributed by atoms with E-state index in [1.807, 2.05) is 36.4 Å². The Hall–Kier alpha value is -3.95. The van der Waals surface area contributed by atoms with E-state index in [1.54, 1.807) is 18.2 Å². The summed E-state index contributed by atoms with van der Waals surface area (Å²) in [5.74, 6) is 1.93. The second-order valence-corrected chi connectivity index (χ2v) is 10.5. The number of aromatic hydroxyl groups is 1. The van der Waals surface area contributed by atoms with Gasteiger partial charge in [0.15, 0.2) is 0 Å². The van der Waals surface area contributed by atoms with Gasteiger partial charge in [-0.05, 0) is 80.1 Å². The number of fused-ring (bicyclic) bond motifs is 1. The molecular weight excluding hydrogens is 689 g/mol. The first-order valence-corrected chi connectivity index (χ1v) is 13.6. The van der Waals surface area contributed by atoms with Crippen molar-refractivity contribution in [2.75, 3.05) is 11.4 Å². The van der Waals surface area contributed by atoms with Gasteiger partial charge in [-0.3, -0.25) is 0 Å². The first-order chi connectivity index (χ1) is 19.3. The third-order valence-corrected chi connectivity index (χ3v) is 8.20. The fourth-order valence-electron chi connectivity index (χ4n) is 5.59. The summed E-state index contributed by atoms with van der Waals surface area (Å²) in [6, 6.07) is 28.8. The average molecular weight is 722 g/mol.